The fraction of sp³-hybridized carbons (Fsp3) is 0.333. The van der Waals surface area contributed by atoms with Crippen LogP contribution in [0.5, 0.6) is 0 Å². The number of hydrogen-bond donors (Lipinski definition) is 0. The summed E-state index contributed by atoms with van der Waals surface area (Å²) < 4.78 is 77.5. The summed E-state index contributed by atoms with van der Waals surface area (Å²) in [6.07, 6.45) is -9.63. The van der Waals surface area contributed by atoms with Crippen LogP contribution in [0.2, 0.25) is 0 Å². The van der Waals surface area contributed by atoms with Crippen molar-refractivity contribution < 1.29 is 31.1 Å². The van der Waals surface area contributed by atoms with E-state index in [-0.39, 0.29) is 9.99 Å². The molecule has 0 aliphatic heterocycles. The van der Waals surface area contributed by atoms with Crippen molar-refractivity contribution in [3.05, 3.63) is 28.0 Å². The topological polar surface area (TPSA) is 34.9 Å². The highest BCUT2D eigenvalue weighted by Crippen LogP contribution is 2.38. The lowest BCUT2D eigenvalue weighted by molar-refractivity contribution is -0.147. The maximum Gasteiger partial charge on any atom is 0.449 e. The number of imidazole rings is 1. The van der Waals surface area contributed by atoms with Gasteiger partial charge in [-0.15, -0.1) is 0 Å². The van der Waals surface area contributed by atoms with Gasteiger partial charge in [-0.3, -0.25) is 4.79 Å². The molecule has 2 rings (SSSR count). The predicted octanol–water partition coefficient (Wildman–Crippen LogP) is 4.43. The monoisotopic (exact) mass is 388 g/mol. The van der Waals surface area contributed by atoms with Gasteiger partial charge in [0.25, 0.3) is 0 Å². The van der Waals surface area contributed by atoms with Crippen molar-refractivity contribution in [1.82, 2.24) is 9.55 Å². The maximum absolute atomic E-state index is 13.0. The zero-order valence-electron chi connectivity index (χ0n) is 10.8. The van der Waals surface area contributed by atoms with E-state index < -0.39 is 41.6 Å². The molecule has 0 radical (unpaired) electrons. The van der Waals surface area contributed by atoms with Crippen molar-refractivity contribution in [3.8, 4) is 0 Å². The van der Waals surface area contributed by atoms with Gasteiger partial charge < -0.3 is 4.57 Å². The average Bonchev–Trinajstić information content (AvgIpc) is 2.66. The number of hydrogen-bond acceptors (Lipinski definition) is 2. The Hall–Kier alpha value is -1.58. The number of benzene rings is 1. The standard InChI is InChI=1S/C12H7BrF6N2O/c1-5(22)4-21-8-3-6(11(14,15)16)2-7(13)9(8)20-10(21)12(17,18)19/h2-3H,4H2,1H3. The van der Waals surface area contributed by atoms with Crippen LogP contribution in [0.25, 0.3) is 11.0 Å². The molecule has 0 bridgehead atoms. The smallest absolute Gasteiger partial charge is 0.313 e. The van der Waals surface area contributed by atoms with Crippen molar-refractivity contribution in [1.29, 1.82) is 0 Å². The number of Topliss-reactive ketones (excluding diaryl/α,β-unsaturated/α-hetero) is 1. The second kappa shape index (κ2) is 5.25. The molecule has 2 aromatic rings. The van der Waals surface area contributed by atoms with Gasteiger partial charge in [0.2, 0.25) is 5.82 Å². The molecule has 0 aliphatic rings. The minimum Gasteiger partial charge on any atom is -0.313 e. The van der Waals surface area contributed by atoms with E-state index in [4.69, 9.17) is 0 Å². The van der Waals surface area contributed by atoms with Gasteiger partial charge in [0, 0.05) is 4.47 Å². The number of nitrogens with zero attached hydrogens (tertiary/aromatic N) is 2. The van der Waals surface area contributed by atoms with Crippen LogP contribution in [0.1, 0.15) is 18.3 Å². The Balaban J connectivity index is 2.84. The Morgan fingerprint density at radius 1 is 1.18 bits per heavy atom. The maximum atomic E-state index is 13.0. The van der Waals surface area contributed by atoms with Gasteiger partial charge in [-0.05, 0) is 35.0 Å². The van der Waals surface area contributed by atoms with Crippen LogP contribution >= 0.6 is 15.9 Å². The first-order valence-electron chi connectivity index (χ1n) is 5.75. The normalized spacial score (nSPS) is 12.9. The van der Waals surface area contributed by atoms with Gasteiger partial charge in [0.05, 0.1) is 17.6 Å². The Labute approximate surface area is 128 Å². The minimum atomic E-state index is -4.90. The molecule has 0 fully saturated rings. The molecular weight excluding hydrogens is 382 g/mol. The zero-order valence-corrected chi connectivity index (χ0v) is 12.4. The Bertz CT molecular complexity index is 747. The van der Waals surface area contributed by atoms with Crippen LogP contribution in [0.15, 0.2) is 16.6 Å². The minimum absolute atomic E-state index is 0.231. The molecule has 22 heavy (non-hydrogen) atoms. The van der Waals surface area contributed by atoms with E-state index in [0.29, 0.717) is 16.7 Å². The first-order valence-corrected chi connectivity index (χ1v) is 6.54. The van der Waals surface area contributed by atoms with Crippen LogP contribution in [0.4, 0.5) is 26.3 Å². The molecule has 0 saturated heterocycles. The highest BCUT2D eigenvalue weighted by atomic mass is 79.9. The molecule has 0 amide bonds. The Morgan fingerprint density at radius 3 is 2.23 bits per heavy atom. The van der Waals surface area contributed by atoms with Gasteiger partial charge in [-0.2, -0.15) is 26.3 Å². The Morgan fingerprint density at radius 2 is 1.77 bits per heavy atom. The third-order valence-electron chi connectivity index (χ3n) is 2.77. The first kappa shape index (κ1) is 16.8. The molecule has 1 aromatic carbocycles. The van der Waals surface area contributed by atoms with E-state index in [9.17, 15) is 31.1 Å². The highest BCUT2D eigenvalue weighted by Gasteiger charge is 2.39. The van der Waals surface area contributed by atoms with Crippen molar-refractivity contribution in [2.75, 3.05) is 0 Å². The molecule has 1 aromatic heterocycles. The van der Waals surface area contributed by atoms with E-state index in [2.05, 4.69) is 20.9 Å². The highest BCUT2D eigenvalue weighted by molar-refractivity contribution is 9.10. The van der Waals surface area contributed by atoms with E-state index in [1.807, 2.05) is 0 Å². The average molecular weight is 389 g/mol. The summed E-state index contributed by atoms with van der Waals surface area (Å²) in [4.78, 5) is 14.5. The summed E-state index contributed by atoms with van der Waals surface area (Å²) in [5.41, 5.74) is -1.84. The molecular formula is C12H7BrF6N2O. The summed E-state index contributed by atoms with van der Waals surface area (Å²) in [6.45, 7) is 0.313. The predicted molar refractivity (Wildman–Crippen MR) is 68.1 cm³/mol. The second-order valence-electron chi connectivity index (χ2n) is 4.54. The second-order valence-corrected chi connectivity index (χ2v) is 5.40. The van der Waals surface area contributed by atoms with Crippen molar-refractivity contribution >= 4 is 32.7 Å². The number of aromatic nitrogens is 2. The lowest BCUT2D eigenvalue weighted by Crippen LogP contribution is -2.18. The fourth-order valence-electron chi connectivity index (χ4n) is 1.94. The largest absolute Gasteiger partial charge is 0.449 e. The lowest BCUT2D eigenvalue weighted by Gasteiger charge is -2.11. The SMILES string of the molecule is CC(=O)Cn1c(C(F)(F)F)nc2c(Br)cc(C(F)(F)F)cc21. The van der Waals surface area contributed by atoms with Crippen LogP contribution < -0.4 is 0 Å². The molecule has 120 valence electrons. The van der Waals surface area contributed by atoms with Crippen molar-refractivity contribution in [2.45, 2.75) is 25.8 Å². The van der Waals surface area contributed by atoms with Crippen molar-refractivity contribution in [3.63, 3.8) is 0 Å². The fourth-order valence-corrected chi connectivity index (χ4v) is 2.48. The van der Waals surface area contributed by atoms with Gasteiger partial charge in [-0.1, -0.05) is 0 Å². The summed E-state index contributed by atoms with van der Waals surface area (Å²) >= 11 is 2.79. The van der Waals surface area contributed by atoms with Crippen LogP contribution in [-0.2, 0) is 23.7 Å². The molecule has 10 heteroatoms. The molecule has 0 N–H and O–H groups in total. The number of carbonyl (C=O) groups is 1. The van der Waals surface area contributed by atoms with E-state index >= 15 is 0 Å². The van der Waals surface area contributed by atoms with E-state index in [0.717, 1.165) is 6.92 Å². The zero-order chi connectivity index (χ0) is 16.9. The molecule has 0 aliphatic carbocycles. The third-order valence-corrected chi connectivity index (χ3v) is 3.37. The van der Waals surface area contributed by atoms with Gasteiger partial charge in [0.1, 0.15) is 11.3 Å². The molecule has 0 saturated carbocycles. The third kappa shape index (κ3) is 3.11. The van der Waals surface area contributed by atoms with Gasteiger partial charge >= 0.3 is 12.4 Å². The number of alkyl halides is 6. The summed E-state index contributed by atoms with van der Waals surface area (Å²) in [7, 11) is 0. The number of carbonyl (C=O) groups excluding carboxylic acids is 1. The van der Waals surface area contributed by atoms with Crippen LogP contribution in [-0.4, -0.2) is 15.3 Å². The van der Waals surface area contributed by atoms with E-state index in [1.165, 1.54) is 0 Å². The number of ketones is 1. The number of rotatable bonds is 2. The van der Waals surface area contributed by atoms with Crippen LogP contribution in [0.3, 0.4) is 0 Å². The summed E-state index contributed by atoms with van der Waals surface area (Å²) in [5, 5.41) is 0. The summed E-state index contributed by atoms with van der Waals surface area (Å²) in [5.74, 6) is -2.06. The first-order chi connectivity index (χ1) is 9.91. The van der Waals surface area contributed by atoms with Gasteiger partial charge in [-0.25, -0.2) is 4.98 Å². The number of fused-ring (bicyclic) bond motifs is 1. The van der Waals surface area contributed by atoms with E-state index in [1.54, 1.807) is 0 Å². The molecule has 0 spiro atoms. The Kier molecular flexibility index (Phi) is 4.01. The molecule has 0 atom stereocenters. The number of halogens is 7. The molecule has 1 heterocycles. The lowest BCUT2D eigenvalue weighted by atomic mass is 10.2. The van der Waals surface area contributed by atoms with Gasteiger partial charge in [0.15, 0.2) is 0 Å². The van der Waals surface area contributed by atoms with Crippen LogP contribution in [0, 0.1) is 0 Å². The molecule has 3 nitrogen and oxygen atoms in total. The van der Waals surface area contributed by atoms with Crippen molar-refractivity contribution in [2.24, 2.45) is 0 Å². The quantitative estimate of drug-likeness (QED) is 0.713. The molecule has 0 unspecified atom stereocenters. The summed E-state index contributed by atoms with van der Waals surface area (Å²) in [6, 6.07) is 1.19.